The van der Waals surface area contributed by atoms with E-state index in [-0.39, 0.29) is 5.82 Å². The van der Waals surface area contributed by atoms with Crippen LogP contribution in [-0.4, -0.2) is 14.8 Å². The van der Waals surface area contributed by atoms with E-state index in [1.54, 1.807) is 10.6 Å². The van der Waals surface area contributed by atoms with Crippen LogP contribution in [-0.2, 0) is 0 Å². The predicted octanol–water partition coefficient (Wildman–Crippen LogP) is 3.25. The van der Waals surface area contributed by atoms with E-state index in [0.29, 0.717) is 16.4 Å². The van der Waals surface area contributed by atoms with Crippen LogP contribution < -0.4 is 0 Å². The number of nitrogens with one attached hydrogen (secondary N) is 1. The summed E-state index contributed by atoms with van der Waals surface area (Å²) < 4.78 is 16.1. The van der Waals surface area contributed by atoms with Crippen molar-refractivity contribution in [2.45, 2.75) is 25.7 Å². The first kappa shape index (κ1) is 10.7. The van der Waals surface area contributed by atoms with Gasteiger partial charge in [-0.3, -0.25) is 9.67 Å². The minimum absolute atomic E-state index is 0.260. The van der Waals surface area contributed by atoms with Gasteiger partial charge >= 0.3 is 0 Å². The zero-order valence-corrected chi connectivity index (χ0v) is 10.2. The Morgan fingerprint density at radius 1 is 1.47 bits per heavy atom. The lowest BCUT2D eigenvalue weighted by atomic mass is 10.2. The Labute approximate surface area is 103 Å². The number of aryl methyl sites for hydroxylation is 1. The highest BCUT2D eigenvalue weighted by atomic mass is 32.1. The largest absolute Gasteiger partial charge is 0.269 e. The summed E-state index contributed by atoms with van der Waals surface area (Å²) in [7, 11) is 0. The summed E-state index contributed by atoms with van der Waals surface area (Å²) in [6.45, 7) is 1.88. The zero-order valence-electron chi connectivity index (χ0n) is 9.40. The number of hydrogen-bond donors (Lipinski definition) is 1. The molecule has 0 saturated heterocycles. The fourth-order valence-electron chi connectivity index (χ4n) is 2.05. The normalized spacial score (nSPS) is 15.2. The Balaban J connectivity index is 2.27. The molecule has 1 aromatic carbocycles. The lowest BCUT2D eigenvalue weighted by Gasteiger charge is -2.10. The molecule has 1 aliphatic rings. The van der Waals surface area contributed by atoms with E-state index >= 15 is 0 Å². The highest BCUT2D eigenvalue weighted by Gasteiger charge is 2.30. The Kier molecular flexibility index (Phi) is 2.36. The first-order valence-electron chi connectivity index (χ1n) is 5.61. The number of benzene rings is 1. The third-order valence-electron chi connectivity index (χ3n) is 3.05. The van der Waals surface area contributed by atoms with Gasteiger partial charge in [-0.05, 0) is 43.6 Å². The molecule has 3 nitrogen and oxygen atoms in total. The zero-order chi connectivity index (χ0) is 12.0. The fourth-order valence-corrected chi connectivity index (χ4v) is 2.28. The molecule has 0 unspecified atom stereocenters. The predicted molar refractivity (Wildman–Crippen MR) is 65.4 cm³/mol. The van der Waals surface area contributed by atoms with Crippen molar-refractivity contribution in [2.24, 2.45) is 0 Å². The molecule has 5 heteroatoms. The summed E-state index contributed by atoms with van der Waals surface area (Å²) >= 11 is 5.20. The van der Waals surface area contributed by atoms with E-state index in [4.69, 9.17) is 12.2 Å². The van der Waals surface area contributed by atoms with Crippen LogP contribution in [0.1, 0.15) is 30.1 Å². The molecule has 3 rings (SSSR count). The highest BCUT2D eigenvalue weighted by Crippen LogP contribution is 2.40. The maximum absolute atomic E-state index is 13.9. The van der Waals surface area contributed by atoms with Crippen LogP contribution in [0.4, 0.5) is 4.39 Å². The molecule has 1 saturated carbocycles. The van der Waals surface area contributed by atoms with Gasteiger partial charge in [-0.15, -0.1) is 0 Å². The molecule has 0 amide bonds. The molecular weight excluding hydrogens is 237 g/mol. The second kappa shape index (κ2) is 3.77. The topological polar surface area (TPSA) is 33.6 Å². The van der Waals surface area contributed by atoms with Crippen LogP contribution in [0.25, 0.3) is 5.69 Å². The third kappa shape index (κ3) is 1.70. The summed E-state index contributed by atoms with van der Waals surface area (Å²) in [6.07, 6.45) is 2.21. The van der Waals surface area contributed by atoms with Gasteiger partial charge in [-0.25, -0.2) is 4.39 Å². The van der Waals surface area contributed by atoms with Crippen molar-refractivity contribution in [3.05, 3.63) is 40.2 Å². The number of para-hydroxylation sites is 1. The van der Waals surface area contributed by atoms with Crippen LogP contribution in [0.2, 0.25) is 0 Å². The number of halogens is 1. The summed E-state index contributed by atoms with van der Waals surface area (Å²) in [5, 5.41) is 6.98. The van der Waals surface area contributed by atoms with Crippen molar-refractivity contribution in [2.75, 3.05) is 0 Å². The SMILES string of the molecule is Cc1cccc(F)c1-n1c(C2CC2)n[nH]c1=S. The monoisotopic (exact) mass is 249 g/mol. The van der Waals surface area contributed by atoms with Crippen LogP contribution in [0.3, 0.4) is 0 Å². The molecule has 1 aliphatic carbocycles. The van der Waals surface area contributed by atoms with E-state index in [1.165, 1.54) is 6.07 Å². The quantitative estimate of drug-likeness (QED) is 0.829. The Morgan fingerprint density at radius 3 is 2.88 bits per heavy atom. The maximum Gasteiger partial charge on any atom is 0.199 e. The van der Waals surface area contributed by atoms with E-state index in [2.05, 4.69) is 10.2 Å². The maximum atomic E-state index is 13.9. The van der Waals surface area contributed by atoms with Gasteiger partial charge in [-0.2, -0.15) is 5.10 Å². The fraction of sp³-hybridized carbons (Fsp3) is 0.333. The van der Waals surface area contributed by atoms with Crippen LogP contribution in [0.5, 0.6) is 0 Å². The van der Waals surface area contributed by atoms with E-state index in [1.807, 2.05) is 13.0 Å². The van der Waals surface area contributed by atoms with Gasteiger partial charge in [0.1, 0.15) is 11.6 Å². The first-order valence-corrected chi connectivity index (χ1v) is 6.02. The molecule has 1 N–H and O–H groups in total. The number of aromatic nitrogens is 3. The van der Waals surface area contributed by atoms with E-state index in [0.717, 1.165) is 24.2 Å². The van der Waals surface area contributed by atoms with Gasteiger partial charge < -0.3 is 0 Å². The van der Waals surface area contributed by atoms with Crippen molar-refractivity contribution < 1.29 is 4.39 Å². The minimum atomic E-state index is -0.260. The van der Waals surface area contributed by atoms with Crippen molar-refractivity contribution >= 4 is 12.2 Å². The standard InChI is InChI=1S/C12H12FN3S/c1-7-3-2-4-9(13)10(7)16-11(8-5-6-8)14-15-12(16)17/h2-4,8H,5-6H2,1H3,(H,15,17). The van der Waals surface area contributed by atoms with Gasteiger partial charge in [-0.1, -0.05) is 12.1 Å². The van der Waals surface area contributed by atoms with Crippen LogP contribution in [0.15, 0.2) is 18.2 Å². The molecule has 0 radical (unpaired) electrons. The number of hydrogen-bond acceptors (Lipinski definition) is 2. The van der Waals surface area contributed by atoms with Gasteiger partial charge in [0, 0.05) is 5.92 Å². The van der Waals surface area contributed by atoms with Gasteiger partial charge in [0.15, 0.2) is 4.77 Å². The Bertz CT molecular complexity index is 605. The second-order valence-electron chi connectivity index (χ2n) is 4.40. The molecule has 0 aliphatic heterocycles. The van der Waals surface area contributed by atoms with Crippen molar-refractivity contribution in [1.29, 1.82) is 0 Å². The molecule has 17 heavy (non-hydrogen) atoms. The minimum Gasteiger partial charge on any atom is -0.269 e. The first-order chi connectivity index (χ1) is 8.18. The second-order valence-corrected chi connectivity index (χ2v) is 4.79. The van der Waals surface area contributed by atoms with Crippen molar-refractivity contribution in [3.8, 4) is 5.69 Å². The molecule has 0 bridgehead atoms. The Morgan fingerprint density at radius 2 is 2.24 bits per heavy atom. The summed E-state index contributed by atoms with van der Waals surface area (Å²) in [6, 6.07) is 5.03. The van der Waals surface area contributed by atoms with Crippen molar-refractivity contribution in [3.63, 3.8) is 0 Å². The molecule has 1 heterocycles. The number of nitrogens with zero attached hydrogens (tertiary/aromatic N) is 2. The number of H-pyrrole nitrogens is 1. The molecule has 1 aromatic heterocycles. The summed E-state index contributed by atoms with van der Waals surface area (Å²) in [5.41, 5.74) is 1.39. The molecule has 0 atom stereocenters. The average Bonchev–Trinajstić information content (AvgIpc) is 3.05. The van der Waals surface area contributed by atoms with Gasteiger partial charge in [0.25, 0.3) is 0 Å². The smallest absolute Gasteiger partial charge is 0.199 e. The van der Waals surface area contributed by atoms with Crippen molar-refractivity contribution in [1.82, 2.24) is 14.8 Å². The molecular formula is C12H12FN3S. The lowest BCUT2D eigenvalue weighted by Crippen LogP contribution is -2.05. The average molecular weight is 249 g/mol. The molecule has 2 aromatic rings. The lowest BCUT2D eigenvalue weighted by molar-refractivity contribution is 0.612. The van der Waals surface area contributed by atoms with Crippen LogP contribution >= 0.6 is 12.2 Å². The Hall–Kier alpha value is -1.49. The molecule has 1 fully saturated rings. The van der Waals surface area contributed by atoms with E-state index < -0.39 is 0 Å². The number of aromatic amines is 1. The molecule has 88 valence electrons. The van der Waals surface area contributed by atoms with Gasteiger partial charge in [0.2, 0.25) is 0 Å². The number of rotatable bonds is 2. The summed E-state index contributed by atoms with van der Waals surface area (Å²) in [5.74, 6) is 1.01. The van der Waals surface area contributed by atoms with Crippen LogP contribution in [0, 0.1) is 17.5 Å². The van der Waals surface area contributed by atoms with E-state index in [9.17, 15) is 4.39 Å². The summed E-state index contributed by atoms with van der Waals surface area (Å²) in [4.78, 5) is 0. The van der Waals surface area contributed by atoms with Gasteiger partial charge in [0.05, 0.1) is 5.69 Å². The third-order valence-corrected chi connectivity index (χ3v) is 3.33. The highest BCUT2D eigenvalue weighted by molar-refractivity contribution is 7.71. The molecule has 0 spiro atoms.